The Balaban J connectivity index is 1.50. The number of rotatable bonds is 5. The molecule has 0 radical (unpaired) electrons. The van der Waals surface area contributed by atoms with Crippen molar-refractivity contribution in [2.75, 3.05) is 4.90 Å². The minimum atomic E-state index is -1.06. The first-order valence-electron chi connectivity index (χ1n) is 13.8. The van der Waals surface area contributed by atoms with E-state index in [1.54, 1.807) is 0 Å². The lowest BCUT2D eigenvalue weighted by atomic mass is 9.60. The molecule has 2 amide bonds. The summed E-state index contributed by atoms with van der Waals surface area (Å²) in [7, 11) is 0. The van der Waals surface area contributed by atoms with E-state index in [2.05, 4.69) is 0 Å². The number of allylic oxidation sites excluding steroid dienone is 2. The van der Waals surface area contributed by atoms with Gasteiger partial charge in [-0.1, -0.05) is 105 Å². The minimum Gasteiger partial charge on any atom is -0.298 e. The normalized spacial score (nSPS) is 27.6. The molecule has 192 valence electrons. The zero-order valence-corrected chi connectivity index (χ0v) is 22.1. The van der Waals surface area contributed by atoms with Gasteiger partial charge < -0.3 is 0 Å². The van der Waals surface area contributed by atoms with Gasteiger partial charge in [-0.15, -0.1) is 0 Å². The van der Waals surface area contributed by atoms with E-state index in [1.807, 2.05) is 117 Å². The highest BCUT2D eigenvalue weighted by atomic mass is 16.2. The first-order chi connectivity index (χ1) is 19.0. The fourth-order valence-electron chi connectivity index (χ4n) is 8.03. The molecular formula is C35H29NO3. The predicted octanol–water partition coefficient (Wildman–Crippen LogP) is 6.95. The van der Waals surface area contributed by atoms with Crippen LogP contribution in [0.5, 0.6) is 0 Å². The van der Waals surface area contributed by atoms with Crippen molar-refractivity contribution in [3.8, 4) is 0 Å². The smallest absolute Gasteiger partial charge is 0.239 e. The van der Waals surface area contributed by atoms with Crippen molar-refractivity contribution in [3.63, 3.8) is 0 Å². The van der Waals surface area contributed by atoms with Gasteiger partial charge in [0.05, 0.1) is 28.4 Å². The van der Waals surface area contributed by atoms with Crippen molar-refractivity contribution in [3.05, 3.63) is 114 Å². The van der Waals surface area contributed by atoms with E-state index in [4.69, 9.17) is 0 Å². The Morgan fingerprint density at radius 1 is 0.590 bits per heavy atom. The predicted molar refractivity (Wildman–Crippen MR) is 154 cm³/mol. The molecule has 4 nitrogen and oxygen atoms in total. The third-order valence-corrected chi connectivity index (χ3v) is 9.55. The second-order valence-corrected chi connectivity index (χ2v) is 11.0. The number of anilines is 1. The molecule has 4 aromatic carbocycles. The van der Waals surface area contributed by atoms with Gasteiger partial charge in [0.15, 0.2) is 5.78 Å². The molecule has 4 atom stereocenters. The molecule has 3 aliphatic rings. The van der Waals surface area contributed by atoms with Crippen LogP contribution in [-0.4, -0.2) is 17.6 Å². The third-order valence-electron chi connectivity index (χ3n) is 9.55. The van der Waals surface area contributed by atoms with Crippen molar-refractivity contribution in [2.24, 2.45) is 22.7 Å². The molecule has 2 fully saturated rings. The summed E-state index contributed by atoms with van der Waals surface area (Å²) in [5, 5.41) is 2.01. The van der Waals surface area contributed by atoms with E-state index in [0.717, 1.165) is 33.0 Å². The Morgan fingerprint density at radius 3 is 1.54 bits per heavy atom. The van der Waals surface area contributed by atoms with Gasteiger partial charge in [-0.05, 0) is 58.0 Å². The minimum absolute atomic E-state index is 0.0348. The first kappa shape index (κ1) is 23.8. The Labute approximate surface area is 228 Å². The third kappa shape index (κ3) is 2.81. The van der Waals surface area contributed by atoms with Crippen LogP contribution in [0, 0.1) is 22.7 Å². The number of hydrogen-bond acceptors (Lipinski definition) is 3. The Morgan fingerprint density at radius 2 is 1.05 bits per heavy atom. The molecule has 39 heavy (non-hydrogen) atoms. The van der Waals surface area contributed by atoms with Gasteiger partial charge in [-0.3, -0.25) is 14.4 Å². The van der Waals surface area contributed by atoms with Gasteiger partial charge in [-0.25, -0.2) is 4.90 Å². The maximum Gasteiger partial charge on any atom is 0.239 e. The lowest BCUT2D eigenvalue weighted by molar-refractivity contribution is -0.134. The SMILES string of the molecule is CC[C@]12C(=O)[C@](CC)(C(c3ccccc3)=C1c1ccccc1)[C@@H]1C(=O)N(c3ccc4ccccc4c3)C(=O)[C@H]12. The van der Waals surface area contributed by atoms with Crippen LogP contribution in [0.1, 0.15) is 37.8 Å². The Bertz CT molecular complexity index is 1620. The molecule has 1 heterocycles. The quantitative estimate of drug-likeness (QED) is 0.273. The molecule has 1 saturated carbocycles. The summed E-state index contributed by atoms with van der Waals surface area (Å²) < 4.78 is 0. The molecule has 4 aromatic rings. The van der Waals surface area contributed by atoms with E-state index in [-0.39, 0.29) is 17.6 Å². The van der Waals surface area contributed by atoms with E-state index in [0.29, 0.717) is 18.5 Å². The lowest BCUT2D eigenvalue weighted by Gasteiger charge is -2.38. The zero-order chi connectivity index (χ0) is 26.9. The van der Waals surface area contributed by atoms with Gasteiger partial charge in [-0.2, -0.15) is 0 Å². The van der Waals surface area contributed by atoms with Gasteiger partial charge in [0.2, 0.25) is 11.8 Å². The monoisotopic (exact) mass is 511 g/mol. The number of imide groups is 1. The van der Waals surface area contributed by atoms with E-state index in [1.165, 1.54) is 4.90 Å². The van der Waals surface area contributed by atoms with Crippen LogP contribution in [0.4, 0.5) is 5.69 Å². The van der Waals surface area contributed by atoms with E-state index in [9.17, 15) is 14.4 Å². The number of carbonyl (C=O) groups excluding carboxylic acids is 3. The fraction of sp³-hybridized carbons (Fsp3) is 0.229. The number of amides is 2. The van der Waals surface area contributed by atoms with Gasteiger partial charge in [0, 0.05) is 0 Å². The van der Waals surface area contributed by atoms with E-state index < -0.39 is 22.7 Å². The summed E-state index contributed by atoms with van der Waals surface area (Å²) in [4.78, 5) is 45.1. The molecule has 0 aromatic heterocycles. The maximum absolute atomic E-state index is 14.8. The van der Waals surface area contributed by atoms with Crippen molar-refractivity contribution in [1.82, 2.24) is 0 Å². The second-order valence-electron chi connectivity index (χ2n) is 11.0. The molecule has 4 heteroatoms. The summed E-state index contributed by atoms with van der Waals surface area (Å²) in [6.07, 6.45) is 0.916. The van der Waals surface area contributed by atoms with Crippen molar-refractivity contribution in [2.45, 2.75) is 26.7 Å². The highest BCUT2D eigenvalue weighted by molar-refractivity contribution is 6.34. The molecule has 2 bridgehead atoms. The molecule has 2 aliphatic carbocycles. The second kappa shape index (κ2) is 8.34. The van der Waals surface area contributed by atoms with Crippen LogP contribution in [0.15, 0.2) is 103 Å². The topological polar surface area (TPSA) is 54.5 Å². The largest absolute Gasteiger partial charge is 0.298 e. The van der Waals surface area contributed by atoms with Crippen LogP contribution in [0.3, 0.4) is 0 Å². The summed E-state index contributed by atoms with van der Waals surface area (Å²) >= 11 is 0. The van der Waals surface area contributed by atoms with Crippen LogP contribution in [0.2, 0.25) is 0 Å². The standard InChI is InChI=1S/C35H29NO3/c1-3-34-27(23-14-7-5-8-15-23)28(24-16-9-6-10-17-24)35(4-2,33(34)39)30-29(34)31(37)36(32(30)38)26-20-19-22-13-11-12-18-25(22)21-26/h5-21,29-30H,3-4H2,1-2H3/t29-,30-,34-,35+/m0/s1. The maximum atomic E-state index is 14.8. The molecule has 0 N–H and O–H groups in total. The summed E-state index contributed by atoms with van der Waals surface area (Å²) in [5.74, 6) is -1.93. The summed E-state index contributed by atoms with van der Waals surface area (Å²) in [6, 6.07) is 33.6. The number of ketones is 1. The molecule has 0 unspecified atom stereocenters. The van der Waals surface area contributed by atoms with Gasteiger partial charge in [0.25, 0.3) is 0 Å². The highest BCUT2D eigenvalue weighted by Crippen LogP contribution is 2.75. The van der Waals surface area contributed by atoms with Crippen molar-refractivity contribution in [1.29, 1.82) is 0 Å². The van der Waals surface area contributed by atoms with Crippen LogP contribution in [0.25, 0.3) is 21.9 Å². The van der Waals surface area contributed by atoms with Crippen LogP contribution >= 0.6 is 0 Å². The number of Topliss-reactive ketones (excluding diaryl/α,β-unsaturated/α-hetero) is 1. The summed E-state index contributed by atoms with van der Waals surface area (Å²) in [5.41, 5.74) is 2.19. The van der Waals surface area contributed by atoms with E-state index >= 15 is 0 Å². The number of benzene rings is 4. The molecule has 1 saturated heterocycles. The number of hydrogen-bond donors (Lipinski definition) is 0. The lowest BCUT2D eigenvalue weighted by Crippen LogP contribution is -2.41. The highest BCUT2D eigenvalue weighted by Gasteiger charge is 2.80. The Hall–Kier alpha value is -4.31. The van der Waals surface area contributed by atoms with Crippen LogP contribution < -0.4 is 4.90 Å². The molecule has 7 rings (SSSR count). The number of fused-ring (bicyclic) bond motifs is 6. The average Bonchev–Trinajstić information content (AvgIpc) is 3.49. The Kier molecular flexibility index (Phi) is 5.09. The molecule has 1 aliphatic heterocycles. The molecule has 0 spiro atoms. The van der Waals surface area contributed by atoms with Gasteiger partial charge in [0.1, 0.15) is 0 Å². The zero-order valence-electron chi connectivity index (χ0n) is 22.1. The summed E-state index contributed by atoms with van der Waals surface area (Å²) in [6.45, 7) is 3.99. The average molecular weight is 512 g/mol. The number of nitrogens with zero attached hydrogens (tertiary/aromatic N) is 1. The van der Waals surface area contributed by atoms with Crippen molar-refractivity contribution < 1.29 is 14.4 Å². The first-order valence-corrected chi connectivity index (χ1v) is 13.8. The molecular weight excluding hydrogens is 482 g/mol. The fourth-order valence-corrected chi connectivity index (χ4v) is 8.03. The van der Waals surface area contributed by atoms with Crippen LogP contribution in [-0.2, 0) is 14.4 Å². The van der Waals surface area contributed by atoms with Crippen molar-refractivity contribution >= 4 is 45.2 Å². The number of carbonyl (C=O) groups is 3. The van der Waals surface area contributed by atoms with Gasteiger partial charge >= 0.3 is 0 Å².